The Labute approximate surface area is 126 Å². The number of hydrogen-bond acceptors (Lipinski definition) is 2. The molecular weight excluding hydrogens is 301 g/mol. The van der Waals surface area contributed by atoms with Gasteiger partial charge in [-0.15, -0.1) is 0 Å². The zero-order valence-corrected chi connectivity index (χ0v) is 12.0. The molecule has 6 heteroatoms. The number of carbonyl (C=O) groups is 2. The zero-order chi connectivity index (χ0) is 14.5. The summed E-state index contributed by atoms with van der Waals surface area (Å²) in [5.74, 6) is -1.27. The maximum Gasteiger partial charge on any atom is 0.329 e. The van der Waals surface area contributed by atoms with Crippen LogP contribution in [0.5, 0.6) is 0 Å². The van der Waals surface area contributed by atoms with Gasteiger partial charge in [0, 0.05) is 16.0 Å². The molecule has 2 N–H and O–H groups in total. The zero-order valence-electron chi connectivity index (χ0n) is 10.5. The predicted molar refractivity (Wildman–Crippen MR) is 75.1 cm³/mol. The summed E-state index contributed by atoms with van der Waals surface area (Å²) in [6, 6.07) is 5.23. The SMILES string of the molecule is O=C(NC1(C(=O)O)CC1)[C@H]1C[C@H]1c1ccc(Cl)cc1Cl. The summed E-state index contributed by atoms with van der Waals surface area (Å²) in [6.07, 6.45) is 1.71. The fraction of sp³-hybridized carbons (Fsp3) is 0.429. The Kier molecular flexibility index (Phi) is 3.18. The maximum absolute atomic E-state index is 12.1. The molecule has 106 valence electrons. The number of carboxylic acids is 1. The van der Waals surface area contributed by atoms with Crippen molar-refractivity contribution in [1.29, 1.82) is 0 Å². The third-order valence-electron chi connectivity index (χ3n) is 4.01. The van der Waals surface area contributed by atoms with E-state index in [0.29, 0.717) is 29.3 Å². The van der Waals surface area contributed by atoms with Crippen molar-refractivity contribution in [2.75, 3.05) is 0 Å². The summed E-state index contributed by atoms with van der Waals surface area (Å²) in [4.78, 5) is 23.1. The summed E-state index contributed by atoms with van der Waals surface area (Å²) in [5, 5.41) is 12.8. The number of halogens is 2. The van der Waals surface area contributed by atoms with Crippen LogP contribution in [0.25, 0.3) is 0 Å². The largest absolute Gasteiger partial charge is 0.480 e. The van der Waals surface area contributed by atoms with Crippen molar-refractivity contribution < 1.29 is 14.7 Å². The molecule has 3 rings (SSSR count). The molecule has 1 amide bonds. The molecule has 0 aromatic heterocycles. The van der Waals surface area contributed by atoms with E-state index in [0.717, 1.165) is 5.56 Å². The van der Waals surface area contributed by atoms with Gasteiger partial charge in [0.15, 0.2) is 0 Å². The number of aliphatic carboxylic acids is 1. The van der Waals surface area contributed by atoms with Crippen LogP contribution in [0.2, 0.25) is 10.0 Å². The lowest BCUT2D eigenvalue weighted by Crippen LogP contribution is -2.43. The highest BCUT2D eigenvalue weighted by Crippen LogP contribution is 2.50. The third kappa shape index (κ3) is 2.38. The number of rotatable bonds is 4. The van der Waals surface area contributed by atoms with Gasteiger partial charge in [0.2, 0.25) is 5.91 Å². The monoisotopic (exact) mass is 313 g/mol. The van der Waals surface area contributed by atoms with Crippen molar-refractivity contribution >= 4 is 35.1 Å². The van der Waals surface area contributed by atoms with Crippen molar-refractivity contribution in [1.82, 2.24) is 5.32 Å². The second-order valence-electron chi connectivity index (χ2n) is 5.49. The highest BCUT2D eigenvalue weighted by Gasteiger charge is 2.55. The molecule has 2 aliphatic rings. The van der Waals surface area contributed by atoms with Gasteiger partial charge in [-0.25, -0.2) is 4.79 Å². The average molecular weight is 314 g/mol. The van der Waals surface area contributed by atoms with Gasteiger partial charge in [-0.05, 0) is 42.9 Å². The summed E-state index contributed by atoms with van der Waals surface area (Å²) < 4.78 is 0. The van der Waals surface area contributed by atoms with Gasteiger partial charge in [-0.1, -0.05) is 29.3 Å². The normalized spacial score (nSPS) is 25.9. The third-order valence-corrected chi connectivity index (χ3v) is 4.57. The molecular formula is C14H13Cl2NO3. The molecule has 0 radical (unpaired) electrons. The molecule has 0 bridgehead atoms. The molecule has 1 aromatic rings. The first-order valence-corrected chi connectivity index (χ1v) is 7.19. The van der Waals surface area contributed by atoms with Crippen LogP contribution in [0.15, 0.2) is 18.2 Å². The Morgan fingerprint density at radius 3 is 2.55 bits per heavy atom. The number of amides is 1. The molecule has 0 aliphatic heterocycles. The molecule has 0 spiro atoms. The van der Waals surface area contributed by atoms with Crippen molar-refractivity contribution in [3.63, 3.8) is 0 Å². The minimum Gasteiger partial charge on any atom is -0.480 e. The lowest BCUT2D eigenvalue weighted by molar-refractivity contribution is -0.143. The number of carbonyl (C=O) groups excluding carboxylic acids is 1. The van der Waals surface area contributed by atoms with Gasteiger partial charge < -0.3 is 10.4 Å². The Balaban J connectivity index is 1.67. The summed E-state index contributed by atoms with van der Waals surface area (Å²) >= 11 is 12.0. The molecule has 0 unspecified atom stereocenters. The van der Waals surface area contributed by atoms with Crippen LogP contribution in [0.3, 0.4) is 0 Å². The second kappa shape index (κ2) is 4.64. The van der Waals surface area contributed by atoms with Crippen LogP contribution < -0.4 is 5.32 Å². The van der Waals surface area contributed by atoms with Crippen molar-refractivity contribution in [3.05, 3.63) is 33.8 Å². The van der Waals surface area contributed by atoms with Crippen LogP contribution in [0.4, 0.5) is 0 Å². The lowest BCUT2D eigenvalue weighted by Gasteiger charge is -2.12. The van der Waals surface area contributed by atoms with Gasteiger partial charge in [-0.3, -0.25) is 4.79 Å². The Bertz CT molecular complexity index is 598. The van der Waals surface area contributed by atoms with E-state index in [-0.39, 0.29) is 17.7 Å². The number of carboxylic acid groups (broad SMARTS) is 1. The lowest BCUT2D eigenvalue weighted by atomic mass is 10.1. The van der Waals surface area contributed by atoms with E-state index in [9.17, 15) is 9.59 Å². The smallest absolute Gasteiger partial charge is 0.329 e. The van der Waals surface area contributed by atoms with Crippen molar-refractivity contribution in [3.8, 4) is 0 Å². The fourth-order valence-corrected chi connectivity index (χ4v) is 3.03. The number of benzene rings is 1. The van der Waals surface area contributed by atoms with Crippen molar-refractivity contribution in [2.45, 2.75) is 30.7 Å². The van der Waals surface area contributed by atoms with E-state index in [1.807, 2.05) is 6.07 Å². The molecule has 4 nitrogen and oxygen atoms in total. The molecule has 2 atom stereocenters. The van der Waals surface area contributed by atoms with Crippen LogP contribution >= 0.6 is 23.2 Å². The van der Waals surface area contributed by atoms with Gasteiger partial charge in [-0.2, -0.15) is 0 Å². The Morgan fingerprint density at radius 2 is 2.00 bits per heavy atom. The average Bonchev–Trinajstić information content (AvgIpc) is 3.22. The van der Waals surface area contributed by atoms with Crippen LogP contribution in [0.1, 0.15) is 30.7 Å². The first kappa shape index (κ1) is 13.7. The first-order valence-electron chi connectivity index (χ1n) is 6.43. The minimum absolute atomic E-state index is 0.0596. The minimum atomic E-state index is -1.02. The Hall–Kier alpha value is -1.26. The fourth-order valence-electron chi connectivity index (χ4n) is 2.48. The van der Waals surface area contributed by atoms with Crippen LogP contribution in [-0.2, 0) is 9.59 Å². The van der Waals surface area contributed by atoms with E-state index in [2.05, 4.69) is 5.32 Å². The molecule has 0 saturated heterocycles. The van der Waals surface area contributed by atoms with Crippen LogP contribution in [-0.4, -0.2) is 22.5 Å². The highest BCUT2D eigenvalue weighted by molar-refractivity contribution is 6.35. The van der Waals surface area contributed by atoms with Gasteiger partial charge in [0.1, 0.15) is 5.54 Å². The summed E-state index contributed by atoms with van der Waals surface area (Å²) in [7, 11) is 0. The van der Waals surface area contributed by atoms with Gasteiger partial charge in [0.05, 0.1) is 0 Å². The van der Waals surface area contributed by atoms with Crippen LogP contribution in [0, 0.1) is 5.92 Å². The standard InChI is InChI=1S/C14H13Cl2NO3/c15-7-1-2-8(11(16)5-7)9-6-10(9)12(18)17-14(3-4-14)13(19)20/h1-2,5,9-10H,3-4,6H2,(H,17,18)(H,19,20)/t9-,10-/m0/s1. The van der Waals surface area contributed by atoms with E-state index >= 15 is 0 Å². The molecule has 0 heterocycles. The maximum atomic E-state index is 12.1. The molecule has 2 saturated carbocycles. The second-order valence-corrected chi connectivity index (χ2v) is 6.33. The molecule has 1 aromatic carbocycles. The topological polar surface area (TPSA) is 66.4 Å². The van der Waals surface area contributed by atoms with E-state index in [1.54, 1.807) is 12.1 Å². The van der Waals surface area contributed by atoms with Gasteiger partial charge in [0.25, 0.3) is 0 Å². The molecule has 20 heavy (non-hydrogen) atoms. The summed E-state index contributed by atoms with van der Waals surface area (Å²) in [6.45, 7) is 0. The van der Waals surface area contributed by atoms with Crippen molar-refractivity contribution in [2.24, 2.45) is 5.92 Å². The van der Waals surface area contributed by atoms with E-state index in [1.165, 1.54) is 0 Å². The highest BCUT2D eigenvalue weighted by atomic mass is 35.5. The summed E-state index contributed by atoms with van der Waals surface area (Å²) in [5.41, 5.74) is -0.120. The quantitative estimate of drug-likeness (QED) is 0.898. The van der Waals surface area contributed by atoms with E-state index in [4.69, 9.17) is 28.3 Å². The van der Waals surface area contributed by atoms with Gasteiger partial charge >= 0.3 is 5.97 Å². The predicted octanol–water partition coefficient (Wildman–Crippen LogP) is 2.83. The van der Waals surface area contributed by atoms with E-state index < -0.39 is 11.5 Å². The molecule has 2 fully saturated rings. The Morgan fingerprint density at radius 1 is 1.30 bits per heavy atom. The number of nitrogens with one attached hydrogen (secondary N) is 1. The number of hydrogen-bond donors (Lipinski definition) is 2. The molecule has 2 aliphatic carbocycles. The first-order chi connectivity index (χ1) is 9.43.